The highest BCUT2D eigenvalue weighted by atomic mass is 16.5. The summed E-state index contributed by atoms with van der Waals surface area (Å²) in [6, 6.07) is 8.48. The molecule has 1 unspecified atom stereocenters. The molecule has 2 aromatic heterocycles. The van der Waals surface area contributed by atoms with E-state index in [1.807, 2.05) is 31.2 Å². The Morgan fingerprint density at radius 2 is 1.86 bits per heavy atom. The maximum atomic E-state index is 12.1. The maximum absolute atomic E-state index is 12.1. The van der Waals surface area contributed by atoms with Crippen molar-refractivity contribution in [3.63, 3.8) is 0 Å². The number of anilines is 1. The molecular weight excluding hydrogens is 358 g/mol. The molecule has 0 aliphatic carbocycles. The third kappa shape index (κ3) is 4.17. The van der Waals surface area contributed by atoms with E-state index in [0.717, 1.165) is 16.3 Å². The Balaban J connectivity index is 2.11. The Morgan fingerprint density at radius 1 is 1.07 bits per heavy atom. The van der Waals surface area contributed by atoms with E-state index in [4.69, 9.17) is 4.74 Å². The number of aromatic nitrogens is 2. The lowest BCUT2D eigenvalue weighted by Crippen LogP contribution is -2.32. The molecule has 2 heterocycles. The number of pyridine rings is 2. The molecule has 144 valence electrons. The van der Waals surface area contributed by atoms with Crippen molar-refractivity contribution in [1.82, 2.24) is 20.6 Å². The van der Waals surface area contributed by atoms with Gasteiger partial charge in [-0.05, 0) is 30.0 Å². The van der Waals surface area contributed by atoms with Gasteiger partial charge in [-0.15, -0.1) is 0 Å². The lowest BCUT2D eigenvalue weighted by molar-refractivity contribution is 0.168. The van der Waals surface area contributed by atoms with Crippen LogP contribution in [0.3, 0.4) is 0 Å². The van der Waals surface area contributed by atoms with Gasteiger partial charge in [0.15, 0.2) is 0 Å². The number of hydrogen-bond donors (Lipinski definition) is 3. The number of nitrogens with one attached hydrogen (secondary N) is 3. The van der Waals surface area contributed by atoms with Gasteiger partial charge in [0, 0.05) is 36.1 Å². The van der Waals surface area contributed by atoms with E-state index >= 15 is 0 Å². The number of ether oxygens (including phenoxy) is 1. The second-order valence-electron chi connectivity index (χ2n) is 5.96. The number of fused-ring (bicyclic) bond motifs is 1. The molecule has 3 N–H and O–H groups in total. The summed E-state index contributed by atoms with van der Waals surface area (Å²) in [4.78, 5) is 32.4. The molecule has 0 aliphatic heterocycles. The summed E-state index contributed by atoms with van der Waals surface area (Å²) >= 11 is 0. The van der Waals surface area contributed by atoms with Crippen LogP contribution >= 0.6 is 0 Å². The third-order valence-electron chi connectivity index (χ3n) is 4.23. The molecule has 0 aliphatic rings. The minimum absolute atomic E-state index is 0.354. The number of carbonyl (C=O) groups excluding carboxylic acids is 2. The van der Waals surface area contributed by atoms with Crippen LogP contribution in [0.1, 0.15) is 24.1 Å². The van der Waals surface area contributed by atoms with Gasteiger partial charge in [0.05, 0.1) is 25.0 Å². The van der Waals surface area contributed by atoms with Crippen LogP contribution in [0.2, 0.25) is 0 Å². The molecule has 3 rings (SSSR count). The number of urea groups is 1. The number of hydrogen-bond acceptors (Lipinski definition) is 5. The highest BCUT2D eigenvalue weighted by Gasteiger charge is 2.23. The summed E-state index contributed by atoms with van der Waals surface area (Å²) in [5.74, 6) is 0. The van der Waals surface area contributed by atoms with E-state index < -0.39 is 12.1 Å². The first kappa shape index (κ1) is 19.1. The number of rotatable bonds is 5. The van der Waals surface area contributed by atoms with Crippen LogP contribution in [0.15, 0.2) is 55.1 Å². The predicted molar refractivity (Wildman–Crippen MR) is 106 cm³/mol. The molecule has 1 aromatic carbocycles. The van der Waals surface area contributed by atoms with Crippen molar-refractivity contribution >= 4 is 28.6 Å². The lowest BCUT2D eigenvalue weighted by Gasteiger charge is -2.23. The predicted octanol–water partition coefficient (Wildman–Crippen LogP) is 3.22. The first-order valence-corrected chi connectivity index (χ1v) is 8.80. The van der Waals surface area contributed by atoms with Crippen molar-refractivity contribution in [2.45, 2.75) is 13.0 Å². The van der Waals surface area contributed by atoms with E-state index in [9.17, 15) is 9.59 Å². The van der Waals surface area contributed by atoms with E-state index in [0.29, 0.717) is 17.8 Å². The number of carbonyl (C=O) groups is 2. The SMILES string of the molecule is CCNC(=O)Nc1cnccc1C(NC(=O)OC)c1cccc2ccncc12. The molecule has 0 saturated heterocycles. The Morgan fingerprint density at radius 3 is 2.64 bits per heavy atom. The van der Waals surface area contributed by atoms with E-state index in [2.05, 4.69) is 25.9 Å². The van der Waals surface area contributed by atoms with Crippen LogP contribution in [0.25, 0.3) is 10.8 Å². The molecule has 8 heteroatoms. The minimum Gasteiger partial charge on any atom is -0.453 e. The quantitative estimate of drug-likeness (QED) is 0.631. The zero-order chi connectivity index (χ0) is 19.9. The zero-order valence-corrected chi connectivity index (χ0v) is 15.6. The smallest absolute Gasteiger partial charge is 0.407 e. The van der Waals surface area contributed by atoms with Crippen molar-refractivity contribution < 1.29 is 14.3 Å². The summed E-state index contributed by atoms with van der Waals surface area (Å²) < 4.78 is 4.81. The zero-order valence-electron chi connectivity index (χ0n) is 15.6. The first-order chi connectivity index (χ1) is 13.6. The average Bonchev–Trinajstić information content (AvgIpc) is 2.72. The fourth-order valence-corrected chi connectivity index (χ4v) is 2.98. The maximum Gasteiger partial charge on any atom is 0.407 e. The van der Waals surface area contributed by atoms with Crippen LogP contribution in [-0.4, -0.2) is 35.7 Å². The molecule has 28 heavy (non-hydrogen) atoms. The normalized spacial score (nSPS) is 11.5. The molecule has 0 spiro atoms. The van der Waals surface area contributed by atoms with Crippen LogP contribution in [0.4, 0.5) is 15.3 Å². The first-order valence-electron chi connectivity index (χ1n) is 8.80. The summed E-state index contributed by atoms with van der Waals surface area (Å²) in [5.41, 5.74) is 1.97. The summed E-state index contributed by atoms with van der Waals surface area (Å²) in [6.07, 6.45) is 6.01. The van der Waals surface area contributed by atoms with Crippen molar-refractivity contribution in [1.29, 1.82) is 0 Å². The van der Waals surface area contributed by atoms with Crippen molar-refractivity contribution in [2.24, 2.45) is 0 Å². The second kappa shape index (κ2) is 8.81. The van der Waals surface area contributed by atoms with Gasteiger partial charge >= 0.3 is 12.1 Å². The van der Waals surface area contributed by atoms with Crippen LogP contribution in [0, 0.1) is 0 Å². The number of amides is 3. The van der Waals surface area contributed by atoms with Crippen LogP contribution < -0.4 is 16.0 Å². The Labute approximate surface area is 162 Å². The molecule has 0 bridgehead atoms. The second-order valence-corrected chi connectivity index (χ2v) is 5.96. The fourth-order valence-electron chi connectivity index (χ4n) is 2.98. The van der Waals surface area contributed by atoms with Gasteiger partial charge in [0.25, 0.3) is 0 Å². The Hall–Kier alpha value is -3.68. The molecule has 3 amide bonds. The summed E-state index contributed by atoms with van der Waals surface area (Å²) in [5, 5.41) is 10.2. The fraction of sp³-hybridized carbons (Fsp3) is 0.200. The molecule has 0 radical (unpaired) electrons. The Kier molecular flexibility index (Phi) is 6.01. The van der Waals surface area contributed by atoms with Gasteiger partial charge in [0.1, 0.15) is 0 Å². The highest BCUT2D eigenvalue weighted by Crippen LogP contribution is 2.32. The van der Waals surface area contributed by atoms with Crippen molar-refractivity contribution in [3.05, 3.63) is 66.2 Å². The largest absolute Gasteiger partial charge is 0.453 e. The highest BCUT2D eigenvalue weighted by molar-refractivity contribution is 5.91. The van der Waals surface area contributed by atoms with Crippen LogP contribution in [-0.2, 0) is 4.74 Å². The Bertz CT molecular complexity index is 987. The summed E-state index contributed by atoms with van der Waals surface area (Å²) in [6.45, 7) is 2.31. The van der Waals surface area contributed by atoms with Gasteiger partial charge in [-0.25, -0.2) is 9.59 Å². The van der Waals surface area contributed by atoms with Gasteiger partial charge in [-0.3, -0.25) is 9.97 Å². The van der Waals surface area contributed by atoms with E-state index in [1.165, 1.54) is 7.11 Å². The van der Waals surface area contributed by atoms with Gasteiger partial charge in [-0.2, -0.15) is 0 Å². The molecule has 3 aromatic rings. The molecule has 1 atom stereocenters. The lowest BCUT2D eigenvalue weighted by atomic mass is 9.94. The van der Waals surface area contributed by atoms with Crippen molar-refractivity contribution in [2.75, 3.05) is 19.0 Å². The number of benzene rings is 1. The minimum atomic E-state index is -0.591. The van der Waals surface area contributed by atoms with E-state index in [1.54, 1.807) is 30.9 Å². The van der Waals surface area contributed by atoms with Crippen molar-refractivity contribution in [3.8, 4) is 0 Å². The number of methoxy groups -OCH3 is 1. The monoisotopic (exact) mass is 379 g/mol. The van der Waals surface area contributed by atoms with Crippen LogP contribution in [0.5, 0.6) is 0 Å². The molecule has 0 fully saturated rings. The topological polar surface area (TPSA) is 105 Å². The molecular formula is C20H21N5O3. The van der Waals surface area contributed by atoms with E-state index in [-0.39, 0.29) is 6.03 Å². The molecule has 8 nitrogen and oxygen atoms in total. The summed E-state index contributed by atoms with van der Waals surface area (Å²) in [7, 11) is 1.30. The number of nitrogens with zero attached hydrogens (tertiary/aromatic N) is 2. The van der Waals surface area contributed by atoms with Gasteiger partial charge in [-0.1, -0.05) is 18.2 Å². The van der Waals surface area contributed by atoms with Gasteiger partial charge < -0.3 is 20.7 Å². The standard InChI is InChI=1S/C20H21N5O3/c1-3-23-19(26)24-17-12-22-10-8-15(17)18(25-20(27)28-2)14-6-4-5-13-7-9-21-11-16(13)14/h4-12,18H,3H2,1-2H3,(H,25,27)(H2,23,24,26). The number of alkyl carbamates (subject to hydrolysis) is 1. The molecule has 0 saturated carbocycles. The third-order valence-corrected chi connectivity index (χ3v) is 4.23. The average molecular weight is 379 g/mol. The van der Waals surface area contributed by atoms with Gasteiger partial charge in [0.2, 0.25) is 0 Å².